The first-order valence-electron chi connectivity index (χ1n) is 11.7. The van der Waals surface area contributed by atoms with Gasteiger partial charge in [0.25, 0.3) is 0 Å². The van der Waals surface area contributed by atoms with E-state index in [0.29, 0.717) is 25.3 Å². The minimum Gasteiger partial charge on any atom is -0.384 e. The van der Waals surface area contributed by atoms with Gasteiger partial charge in [0.2, 0.25) is 11.8 Å². The fraction of sp³-hybridized carbons (Fsp3) is 0.296. The number of nitrogen functional groups attached to an aromatic ring is 1. The minimum atomic E-state index is -0.798. The minimum absolute atomic E-state index is 0. The Kier molecular flexibility index (Phi) is 8.61. The molecule has 190 valence electrons. The molecule has 3 aromatic rings. The number of piperidine rings is 1. The lowest BCUT2D eigenvalue weighted by Gasteiger charge is -2.33. The number of pyridine rings is 1. The van der Waals surface area contributed by atoms with Gasteiger partial charge in [-0.2, -0.15) is 0 Å². The molecular weight excluding hydrogens is 497 g/mol. The number of hydrogen-bond acceptors (Lipinski definition) is 5. The van der Waals surface area contributed by atoms with Crippen molar-refractivity contribution in [1.29, 1.82) is 0 Å². The van der Waals surface area contributed by atoms with E-state index in [4.69, 9.17) is 11.5 Å². The predicted molar refractivity (Wildman–Crippen MR) is 145 cm³/mol. The maximum atomic E-state index is 13.8. The number of carbonyl (C=O) groups excluding carboxylic acids is 2. The van der Waals surface area contributed by atoms with Crippen molar-refractivity contribution in [3.8, 4) is 0 Å². The summed E-state index contributed by atoms with van der Waals surface area (Å²) in [6.45, 7) is 0.885. The number of nitrogens with one attached hydrogen (secondary N) is 1. The summed E-state index contributed by atoms with van der Waals surface area (Å²) in [5, 5.41) is 3.00. The molecule has 36 heavy (non-hydrogen) atoms. The molecule has 0 unspecified atom stereocenters. The van der Waals surface area contributed by atoms with Gasteiger partial charge in [-0.1, -0.05) is 66.7 Å². The summed E-state index contributed by atoms with van der Waals surface area (Å²) in [7, 11) is 0. The lowest BCUT2D eigenvalue weighted by atomic mass is 9.84. The molecule has 0 radical (unpaired) electrons. The van der Waals surface area contributed by atoms with Crippen LogP contribution in [-0.2, 0) is 16.1 Å². The quantitative estimate of drug-likeness (QED) is 0.436. The van der Waals surface area contributed by atoms with E-state index in [9.17, 15) is 9.59 Å². The normalized spacial score (nSPS) is 20.5. The fourth-order valence-electron chi connectivity index (χ4n) is 5.31. The number of rotatable bonds is 7. The Labute approximate surface area is 223 Å². The van der Waals surface area contributed by atoms with E-state index in [2.05, 4.69) is 10.3 Å². The zero-order valence-corrected chi connectivity index (χ0v) is 21.4. The van der Waals surface area contributed by atoms with Gasteiger partial charge < -0.3 is 21.7 Å². The Bertz CT molecular complexity index is 1140. The van der Waals surface area contributed by atoms with Crippen molar-refractivity contribution in [1.82, 2.24) is 15.2 Å². The van der Waals surface area contributed by atoms with Crippen LogP contribution < -0.4 is 16.8 Å². The van der Waals surface area contributed by atoms with Crippen molar-refractivity contribution < 1.29 is 9.59 Å². The largest absolute Gasteiger partial charge is 0.384 e. The van der Waals surface area contributed by atoms with Crippen LogP contribution in [0.15, 0.2) is 79.0 Å². The van der Waals surface area contributed by atoms with Crippen LogP contribution in [-0.4, -0.2) is 39.8 Å². The summed E-state index contributed by atoms with van der Waals surface area (Å²) in [4.78, 5) is 32.9. The lowest BCUT2D eigenvalue weighted by molar-refractivity contribution is -0.142. The summed E-state index contributed by atoms with van der Waals surface area (Å²) in [6.07, 6.45) is 3.14. The summed E-state index contributed by atoms with van der Waals surface area (Å²) in [5.74, 6) is 0.0166. The van der Waals surface area contributed by atoms with Gasteiger partial charge in [0, 0.05) is 25.2 Å². The number of nitrogens with two attached hydrogens (primary N) is 2. The molecule has 7 nitrogen and oxygen atoms in total. The topological polar surface area (TPSA) is 114 Å². The Hall–Kier alpha value is -3.13. The van der Waals surface area contributed by atoms with Gasteiger partial charge in [-0.05, 0) is 41.5 Å². The van der Waals surface area contributed by atoms with Gasteiger partial charge in [0.15, 0.2) is 0 Å². The predicted octanol–water partition coefficient (Wildman–Crippen LogP) is 3.27. The van der Waals surface area contributed by atoms with Gasteiger partial charge in [-0.25, -0.2) is 4.98 Å². The molecule has 9 heteroatoms. The van der Waals surface area contributed by atoms with Gasteiger partial charge in [0.05, 0.1) is 6.04 Å². The number of hydrogen-bond donors (Lipinski definition) is 3. The standard InChI is InChI=1S/C27H29N5O2.2ClH/c28-22-12-11-18(16-30-22)17-31-26(34)27-15-21(27)13-14-32(27)25(33)24(29)23(19-7-3-1-4-8-19)20-9-5-2-6-10-20;;/h1-12,16,21,23-24H,13-15,17,29H2,(H2,28,30)(H,31,34);2*1H/t21-,24-,27+;;/m1../s1. The van der Waals surface area contributed by atoms with E-state index in [1.54, 1.807) is 17.2 Å². The SMILES string of the molecule is Cl.Cl.Nc1ccc(CNC(=O)[C@]23C[C@H]2CCN3C(=O)[C@H](N)C(c2ccccc2)c2ccccc2)cn1. The first-order valence-corrected chi connectivity index (χ1v) is 11.7. The van der Waals surface area contributed by atoms with Crippen molar-refractivity contribution in [3.05, 3.63) is 95.7 Å². The van der Waals surface area contributed by atoms with Gasteiger partial charge in [-0.3, -0.25) is 9.59 Å². The van der Waals surface area contributed by atoms with E-state index < -0.39 is 11.6 Å². The number of fused-ring (bicyclic) bond motifs is 1. The lowest BCUT2D eigenvalue weighted by Crippen LogP contribution is -2.55. The van der Waals surface area contributed by atoms with Crippen molar-refractivity contribution in [2.24, 2.45) is 11.7 Å². The second-order valence-corrected chi connectivity index (χ2v) is 9.20. The second kappa shape index (κ2) is 11.3. The highest BCUT2D eigenvalue weighted by Gasteiger charge is 2.68. The number of halogens is 2. The maximum absolute atomic E-state index is 13.8. The molecule has 2 fully saturated rings. The number of nitrogens with zero attached hydrogens (tertiary/aromatic N) is 2. The Balaban J connectivity index is 0.00000180. The van der Waals surface area contributed by atoms with Crippen molar-refractivity contribution in [2.75, 3.05) is 12.3 Å². The van der Waals surface area contributed by atoms with E-state index in [0.717, 1.165) is 23.1 Å². The molecule has 0 bridgehead atoms. The molecule has 1 saturated heterocycles. The molecule has 2 amide bonds. The summed E-state index contributed by atoms with van der Waals surface area (Å²) in [6, 6.07) is 22.5. The number of anilines is 1. The van der Waals surface area contributed by atoms with Crippen LogP contribution >= 0.6 is 24.8 Å². The number of carbonyl (C=O) groups is 2. The maximum Gasteiger partial charge on any atom is 0.246 e. The van der Waals surface area contributed by atoms with Crippen LogP contribution in [0, 0.1) is 5.92 Å². The molecule has 2 aromatic carbocycles. The number of amides is 2. The molecule has 1 aromatic heterocycles. The average molecular weight is 528 g/mol. The molecule has 2 heterocycles. The van der Waals surface area contributed by atoms with E-state index in [-0.39, 0.29) is 48.5 Å². The molecule has 1 aliphatic carbocycles. The molecule has 1 aliphatic heterocycles. The van der Waals surface area contributed by atoms with Crippen LogP contribution in [0.5, 0.6) is 0 Å². The molecule has 5 N–H and O–H groups in total. The molecule has 2 aliphatic rings. The second-order valence-electron chi connectivity index (χ2n) is 9.20. The molecule has 0 spiro atoms. The van der Waals surface area contributed by atoms with Crippen molar-refractivity contribution in [2.45, 2.75) is 36.9 Å². The van der Waals surface area contributed by atoms with Crippen LogP contribution in [0.2, 0.25) is 0 Å². The zero-order chi connectivity index (χ0) is 23.7. The third-order valence-corrected chi connectivity index (χ3v) is 7.18. The van der Waals surface area contributed by atoms with Crippen LogP contribution in [0.1, 0.15) is 35.4 Å². The highest BCUT2D eigenvalue weighted by Crippen LogP contribution is 2.56. The first-order chi connectivity index (χ1) is 16.5. The summed E-state index contributed by atoms with van der Waals surface area (Å²) >= 11 is 0. The number of aromatic nitrogens is 1. The van der Waals surface area contributed by atoms with Crippen molar-refractivity contribution >= 4 is 42.4 Å². The van der Waals surface area contributed by atoms with Crippen molar-refractivity contribution in [3.63, 3.8) is 0 Å². The van der Waals surface area contributed by atoms with E-state index in [1.165, 1.54) is 0 Å². The highest BCUT2D eigenvalue weighted by molar-refractivity contribution is 5.97. The third kappa shape index (κ3) is 5.05. The highest BCUT2D eigenvalue weighted by atomic mass is 35.5. The monoisotopic (exact) mass is 527 g/mol. The third-order valence-electron chi connectivity index (χ3n) is 7.18. The molecule has 5 rings (SSSR count). The Morgan fingerprint density at radius 1 is 1.00 bits per heavy atom. The average Bonchev–Trinajstić information content (AvgIpc) is 3.49. The Morgan fingerprint density at radius 2 is 1.61 bits per heavy atom. The van der Waals surface area contributed by atoms with Gasteiger partial charge >= 0.3 is 0 Å². The number of likely N-dealkylation sites (tertiary alicyclic amines) is 1. The van der Waals surface area contributed by atoms with Crippen LogP contribution in [0.25, 0.3) is 0 Å². The Morgan fingerprint density at radius 3 is 2.14 bits per heavy atom. The molecule has 1 saturated carbocycles. The molecular formula is C27H31Cl2N5O2. The fourth-order valence-corrected chi connectivity index (χ4v) is 5.31. The van der Waals surface area contributed by atoms with E-state index in [1.807, 2.05) is 66.7 Å². The van der Waals surface area contributed by atoms with E-state index >= 15 is 0 Å². The van der Waals surface area contributed by atoms with Gasteiger partial charge in [0.1, 0.15) is 11.4 Å². The smallest absolute Gasteiger partial charge is 0.246 e. The number of benzene rings is 2. The first kappa shape index (κ1) is 27.5. The van der Waals surface area contributed by atoms with Gasteiger partial charge in [-0.15, -0.1) is 24.8 Å². The van der Waals surface area contributed by atoms with Crippen LogP contribution in [0.3, 0.4) is 0 Å². The molecule has 3 atom stereocenters. The van der Waals surface area contributed by atoms with Crippen LogP contribution in [0.4, 0.5) is 5.82 Å². The zero-order valence-electron chi connectivity index (χ0n) is 19.7. The summed E-state index contributed by atoms with van der Waals surface area (Å²) in [5.41, 5.74) is 14.3. The summed E-state index contributed by atoms with van der Waals surface area (Å²) < 4.78 is 0.